The number of nitrogens with zero attached hydrogens (tertiary/aromatic N) is 4. The van der Waals surface area contributed by atoms with Gasteiger partial charge in [-0.05, 0) is 30.7 Å². The lowest BCUT2D eigenvalue weighted by Gasteiger charge is -2.17. The fourth-order valence-corrected chi connectivity index (χ4v) is 2.54. The molecule has 3 rings (SSSR count). The van der Waals surface area contributed by atoms with Gasteiger partial charge in [-0.15, -0.1) is 0 Å². The zero-order valence-electron chi connectivity index (χ0n) is 12.8. The highest BCUT2D eigenvalue weighted by atomic mass is 35.5. The van der Waals surface area contributed by atoms with Crippen molar-refractivity contribution in [2.45, 2.75) is 13.0 Å². The van der Waals surface area contributed by atoms with Crippen LogP contribution in [0.2, 0.25) is 5.02 Å². The van der Waals surface area contributed by atoms with Crippen molar-refractivity contribution in [3.8, 4) is 5.69 Å². The van der Waals surface area contributed by atoms with Crippen LogP contribution in [0.4, 0.5) is 11.4 Å². The van der Waals surface area contributed by atoms with E-state index in [4.69, 9.17) is 11.6 Å². The molecule has 0 fully saturated rings. The van der Waals surface area contributed by atoms with Crippen molar-refractivity contribution in [1.29, 1.82) is 0 Å². The maximum absolute atomic E-state index is 10.8. The first-order valence-corrected chi connectivity index (χ1v) is 7.58. The highest BCUT2D eigenvalue weighted by molar-refractivity contribution is 6.33. The van der Waals surface area contributed by atoms with E-state index in [1.807, 2.05) is 31.2 Å². The van der Waals surface area contributed by atoms with Crippen LogP contribution < -0.4 is 5.32 Å². The third kappa shape index (κ3) is 3.36. The lowest BCUT2D eigenvalue weighted by Crippen LogP contribution is -2.07. The van der Waals surface area contributed by atoms with Crippen LogP contribution in [0.5, 0.6) is 0 Å². The van der Waals surface area contributed by atoms with Gasteiger partial charge in [0.15, 0.2) is 0 Å². The second kappa shape index (κ2) is 6.67. The third-order valence-corrected chi connectivity index (χ3v) is 3.92. The minimum atomic E-state index is -0.470. The van der Waals surface area contributed by atoms with Gasteiger partial charge in [-0.1, -0.05) is 23.7 Å². The fraction of sp³-hybridized carbons (Fsp3) is 0.125. The number of benzene rings is 2. The molecular weight excluding hydrogens is 330 g/mol. The average molecular weight is 344 g/mol. The Hall–Kier alpha value is -2.93. The van der Waals surface area contributed by atoms with Crippen LogP contribution in [0.25, 0.3) is 5.69 Å². The molecule has 0 amide bonds. The monoisotopic (exact) mass is 343 g/mol. The number of hydrogen-bond acceptors (Lipinski definition) is 5. The van der Waals surface area contributed by atoms with Crippen molar-refractivity contribution in [2.75, 3.05) is 5.32 Å². The molecule has 122 valence electrons. The number of aromatic nitrogens is 3. The zero-order chi connectivity index (χ0) is 17.1. The second-order valence-electron chi connectivity index (χ2n) is 5.22. The summed E-state index contributed by atoms with van der Waals surface area (Å²) in [6, 6.07) is 12.2. The summed E-state index contributed by atoms with van der Waals surface area (Å²) in [6.45, 7) is 1.99. The van der Waals surface area contributed by atoms with Crippen molar-refractivity contribution >= 4 is 23.0 Å². The summed E-state index contributed by atoms with van der Waals surface area (Å²) in [5, 5.41) is 18.4. The highest BCUT2D eigenvalue weighted by Crippen LogP contribution is 2.29. The summed E-state index contributed by atoms with van der Waals surface area (Å²) >= 11 is 6.11. The van der Waals surface area contributed by atoms with Crippen LogP contribution in [0.3, 0.4) is 0 Å². The molecule has 1 N–H and O–H groups in total. The fourth-order valence-electron chi connectivity index (χ4n) is 2.31. The quantitative estimate of drug-likeness (QED) is 0.559. The normalized spacial score (nSPS) is 11.9. The van der Waals surface area contributed by atoms with Gasteiger partial charge in [0.05, 0.1) is 21.3 Å². The number of rotatable bonds is 5. The number of nitro benzene ring substituents is 1. The van der Waals surface area contributed by atoms with E-state index in [2.05, 4.69) is 15.4 Å². The smallest absolute Gasteiger partial charge is 0.271 e. The molecule has 1 aromatic heterocycles. The van der Waals surface area contributed by atoms with Crippen LogP contribution in [0.1, 0.15) is 18.5 Å². The van der Waals surface area contributed by atoms with Crippen LogP contribution in [-0.2, 0) is 0 Å². The van der Waals surface area contributed by atoms with Crippen molar-refractivity contribution < 1.29 is 4.92 Å². The van der Waals surface area contributed by atoms with Crippen molar-refractivity contribution in [1.82, 2.24) is 14.8 Å². The van der Waals surface area contributed by atoms with Gasteiger partial charge >= 0.3 is 0 Å². The number of nitrogens with one attached hydrogen (secondary N) is 1. The van der Waals surface area contributed by atoms with E-state index in [1.54, 1.807) is 17.1 Å². The molecule has 24 heavy (non-hydrogen) atoms. The zero-order valence-corrected chi connectivity index (χ0v) is 13.5. The first-order valence-electron chi connectivity index (χ1n) is 7.20. The maximum atomic E-state index is 10.8. The van der Waals surface area contributed by atoms with E-state index in [9.17, 15) is 10.1 Å². The molecule has 0 aliphatic rings. The largest absolute Gasteiger partial charge is 0.377 e. The summed E-state index contributed by atoms with van der Waals surface area (Å²) in [5.41, 5.74) is 2.58. The predicted octanol–water partition coefficient (Wildman–Crippen LogP) is 4.00. The topological polar surface area (TPSA) is 85.9 Å². The van der Waals surface area contributed by atoms with Gasteiger partial charge in [-0.3, -0.25) is 10.1 Å². The van der Waals surface area contributed by atoms with Crippen LogP contribution in [0, 0.1) is 10.1 Å². The van der Waals surface area contributed by atoms with Crippen LogP contribution in [0.15, 0.2) is 55.1 Å². The molecule has 0 spiro atoms. The van der Waals surface area contributed by atoms with Crippen molar-refractivity contribution in [3.05, 3.63) is 75.8 Å². The number of anilines is 1. The third-order valence-electron chi connectivity index (χ3n) is 3.61. The molecule has 2 aromatic carbocycles. The van der Waals surface area contributed by atoms with E-state index < -0.39 is 4.92 Å². The van der Waals surface area contributed by atoms with Gasteiger partial charge in [0.1, 0.15) is 12.7 Å². The molecule has 3 aromatic rings. The molecule has 7 nitrogen and oxygen atoms in total. The van der Waals surface area contributed by atoms with Crippen molar-refractivity contribution in [2.24, 2.45) is 0 Å². The molecule has 0 radical (unpaired) electrons. The van der Waals surface area contributed by atoms with Gasteiger partial charge in [0, 0.05) is 18.2 Å². The minimum absolute atomic E-state index is 0.0197. The SMILES string of the molecule is CC(Nc1ccc([N+](=O)[O-])cc1Cl)c1ccc(-n2cncn2)cc1. The summed E-state index contributed by atoms with van der Waals surface area (Å²) in [6.07, 6.45) is 3.11. The van der Waals surface area contributed by atoms with Crippen LogP contribution in [-0.4, -0.2) is 19.7 Å². The average Bonchev–Trinajstić information content (AvgIpc) is 3.11. The second-order valence-corrected chi connectivity index (χ2v) is 5.63. The Balaban J connectivity index is 1.75. The molecule has 0 aliphatic carbocycles. The Morgan fingerprint density at radius 3 is 2.58 bits per heavy atom. The highest BCUT2D eigenvalue weighted by Gasteiger charge is 2.12. The predicted molar refractivity (Wildman–Crippen MR) is 91.5 cm³/mol. The molecule has 0 bridgehead atoms. The molecule has 1 heterocycles. The summed E-state index contributed by atoms with van der Waals surface area (Å²) in [4.78, 5) is 14.2. The first-order chi connectivity index (χ1) is 11.5. The van der Waals surface area contributed by atoms with E-state index in [0.717, 1.165) is 11.3 Å². The van der Waals surface area contributed by atoms with Crippen molar-refractivity contribution in [3.63, 3.8) is 0 Å². The van der Waals surface area contributed by atoms with E-state index in [-0.39, 0.29) is 11.7 Å². The Morgan fingerprint density at radius 1 is 1.25 bits per heavy atom. The number of nitro groups is 1. The Bertz CT molecular complexity index is 849. The van der Waals surface area contributed by atoms with Gasteiger partial charge < -0.3 is 5.32 Å². The molecular formula is C16H14ClN5O2. The van der Waals surface area contributed by atoms with E-state index in [1.165, 1.54) is 18.5 Å². The molecule has 8 heteroatoms. The lowest BCUT2D eigenvalue weighted by molar-refractivity contribution is -0.384. The van der Waals surface area contributed by atoms with Gasteiger partial charge in [0.25, 0.3) is 5.69 Å². The lowest BCUT2D eigenvalue weighted by atomic mass is 10.1. The Kier molecular flexibility index (Phi) is 4.43. The van der Waals surface area contributed by atoms with Crippen LogP contribution >= 0.6 is 11.6 Å². The number of halogens is 1. The summed E-state index contributed by atoms with van der Waals surface area (Å²) in [7, 11) is 0. The molecule has 1 atom stereocenters. The molecule has 0 saturated heterocycles. The van der Waals surface area contributed by atoms with E-state index in [0.29, 0.717) is 10.7 Å². The maximum Gasteiger partial charge on any atom is 0.271 e. The minimum Gasteiger partial charge on any atom is -0.377 e. The Labute approximate surface area is 143 Å². The Morgan fingerprint density at radius 2 is 2.00 bits per heavy atom. The molecule has 1 unspecified atom stereocenters. The standard InChI is InChI=1S/C16H14ClN5O2/c1-11(20-16-7-6-14(22(23)24)8-15(16)17)12-2-4-13(5-3-12)21-10-18-9-19-21/h2-11,20H,1H3. The molecule has 0 aliphatic heterocycles. The molecule has 0 saturated carbocycles. The van der Waals surface area contributed by atoms with Gasteiger partial charge in [-0.2, -0.15) is 5.10 Å². The van der Waals surface area contributed by atoms with E-state index >= 15 is 0 Å². The summed E-state index contributed by atoms with van der Waals surface area (Å²) < 4.78 is 1.68. The number of non-ortho nitro benzene ring substituents is 1. The summed E-state index contributed by atoms with van der Waals surface area (Å²) in [5.74, 6) is 0. The number of hydrogen-bond donors (Lipinski definition) is 1. The van der Waals surface area contributed by atoms with Gasteiger partial charge in [0.2, 0.25) is 0 Å². The van der Waals surface area contributed by atoms with Gasteiger partial charge in [-0.25, -0.2) is 9.67 Å². The first kappa shape index (κ1) is 15.9.